The Morgan fingerprint density at radius 1 is 1.33 bits per heavy atom. The number of thiazole rings is 1. The molecule has 0 aliphatic heterocycles. The maximum absolute atomic E-state index is 12.1. The molecular weight excluding hydrogens is 444 g/mol. The van der Waals surface area contributed by atoms with E-state index in [1.165, 1.54) is 17.4 Å². The Kier molecular flexibility index (Phi) is 6.99. The molecule has 2 saturated carbocycles. The number of nitro benzene ring substituents is 1. The maximum Gasteiger partial charge on any atom is 0.358 e. The van der Waals surface area contributed by atoms with Crippen molar-refractivity contribution in [1.82, 2.24) is 4.98 Å². The lowest BCUT2D eigenvalue weighted by molar-refractivity contribution is -0.385. The summed E-state index contributed by atoms with van der Waals surface area (Å²) < 4.78 is 11.2. The summed E-state index contributed by atoms with van der Waals surface area (Å²) >= 11 is 1.51. The van der Waals surface area contributed by atoms with Gasteiger partial charge in [-0.25, -0.2) is 9.78 Å². The van der Waals surface area contributed by atoms with Crippen LogP contribution < -0.4 is 4.74 Å². The number of aliphatic hydroxyl groups is 1. The molecule has 2 fully saturated rings. The number of esters is 1. The molecule has 178 valence electrons. The molecule has 33 heavy (non-hydrogen) atoms. The highest BCUT2D eigenvalue weighted by atomic mass is 32.1. The smallest absolute Gasteiger partial charge is 0.358 e. The topological polar surface area (TPSA) is 112 Å². The molecule has 8 nitrogen and oxygen atoms in total. The lowest BCUT2D eigenvalue weighted by Gasteiger charge is -2.33. The second-order valence-electron chi connectivity index (χ2n) is 9.44. The minimum Gasteiger partial charge on any atom is -0.493 e. The normalized spacial score (nSPS) is 26.8. The number of carbonyl (C=O) groups is 1. The van der Waals surface area contributed by atoms with Gasteiger partial charge in [-0.3, -0.25) is 10.1 Å². The SMILES string of the molecule is Cc1cc(OC[C@@H]2[C@H]3CC[C@H](c4nc(C(=O)OC(C)C)cs4)C[C@H]3C[C@H]2O)ccc1[N+](=O)[O-]. The van der Waals surface area contributed by atoms with E-state index in [2.05, 4.69) is 4.98 Å². The van der Waals surface area contributed by atoms with Crippen molar-refractivity contribution in [2.24, 2.45) is 17.8 Å². The first-order valence-electron chi connectivity index (χ1n) is 11.4. The van der Waals surface area contributed by atoms with Crippen LogP contribution in [-0.2, 0) is 4.74 Å². The van der Waals surface area contributed by atoms with Gasteiger partial charge in [0.25, 0.3) is 5.69 Å². The van der Waals surface area contributed by atoms with Crippen molar-refractivity contribution in [2.75, 3.05) is 6.61 Å². The van der Waals surface area contributed by atoms with Crippen LogP contribution in [0.3, 0.4) is 0 Å². The Morgan fingerprint density at radius 2 is 2.12 bits per heavy atom. The fraction of sp³-hybridized carbons (Fsp3) is 0.583. The molecule has 1 heterocycles. The largest absolute Gasteiger partial charge is 0.493 e. The Morgan fingerprint density at radius 3 is 2.82 bits per heavy atom. The van der Waals surface area contributed by atoms with Crippen LogP contribution in [0.2, 0.25) is 0 Å². The van der Waals surface area contributed by atoms with Gasteiger partial charge < -0.3 is 14.6 Å². The Bertz CT molecular complexity index is 1020. The molecule has 0 unspecified atom stereocenters. The van der Waals surface area contributed by atoms with E-state index in [9.17, 15) is 20.0 Å². The van der Waals surface area contributed by atoms with Crippen molar-refractivity contribution >= 4 is 23.0 Å². The Balaban J connectivity index is 1.36. The second-order valence-corrected chi connectivity index (χ2v) is 10.3. The van der Waals surface area contributed by atoms with E-state index in [0.717, 1.165) is 30.7 Å². The van der Waals surface area contributed by atoms with Gasteiger partial charge in [0.15, 0.2) is 5.69 Å². The van der Waals surface area contributed by atoms with E-state index in [1.807, 2.05) is 13.8 Å². The summed E-state index contributed by atoms with van der Waals surface area (Å²) in [4.78, 5) is 27.3. The van der Waals surface area contributed by atoms with Gasteiger partial charge in [0.2, 0.25) is 0 Å². The Labute approximate surface area is 197 Å². The van der Waals surface area contributed by atoms with Crippen LogP contribution in [0, 0.1) is 34.8 Å². The first kappa shape index (κ1) is 23.6. The van der Waals surface area contributed by atoms with Gasteiger partial charge >= 0.3 is 5.97 Å². The first-order chi connectivity index (χ1) is 15.7. The first-order valence-corrected chi connectivity index (χ1v) is 12.3. The minimum atomic E-state index is -0.425. The zero-order valence-corrected chi connectivity index (χ0v) is 19.9. The molecule has 2 aromatic rings. The van der Waals surface area contributed by atoms with Crippen LogP contribution in [-0.4, -0.2) is 39.8 Å². The molecule has 4 rings (SSSR count). The van der Waals surface area contributed by atoms with Crippen molar-refractivity contribution in [1.29, 1.82) is 0 Å². The number of benzene rings is 1. The molecule has 9 heteroatoms. The van der Waals surface area contributed by atoms with E-state index in [4.69, 9.17) is 9.47 Å². The number of aliphatic hydroxyl groups excluding tert-OH is 1. The number of aryl methyl sites for hydroxylation is 1. The number of rotatable bonds is 7. The summed E-state index contributed by atoms with van der Waals surface area (Å²) in [6.07, 6.45) is 3.03. The summed E-state index contributed by atoms with van der Waals surface area (Å²) in [6, 6.07) is 4.76. The number of nitrogens with zero attached hydrogens (tertiary/aromatic N) is 2. The molecule has 1 aromatic carbocycles. The predicted molar refractivity (Wildman–Crippen MR) is 124 cm³/mol. The second kappa shape index (κ2) is 9.77. The van der Waals surface area contributed by atoms with Crippen LogP contribution in [0.15, 0.2) is 23.6 Å². The molecule has 0 bridgehead atoms. The van der Waals surface area contributed by atoms with E-state index in [1.54, 1.807) is 24.4 Å². The van der Waals surface area contributed by atoms with Crippen molar-refractivity contribution in [3.8, 4) is 5.75 Å². The predicted octanol–water partition coefficient (Wildman–Crippen LogP) is 4.88. The number of hydrogen-bond donors (Lipinski definition) is 1. The van der Waals surface area contributed by atoms with Crippen LogP contribution in [0.25, 0.3) is 0 Å². The molecule has 0 amide bonds. The van der Waals surface area contributed by atoms with E-state index < -0.39 is 11.0 Å². The standard InChI is InChI=1S/C24H30N2O6S/c1-13(2)32-24(28)20-12-33-23(25-20)15-4-6-18-16(9-15)10-22(27)19(18)11-31-17-5-7-21(26(29)30)14(3)8-17/h5,7-8,12-13,15-16,18-19,22,27H,4,6,9-11H2,1-3H3/t15-,16-,18-,19+,22+/m0/s1. The number of aromatic nitrogens is 1. The van der Waals surface area contributed by atoms with Crippen LogP contribution in [0.4, 0.5) is 5.69 Å². The quantitative estimate of drug-likeness (QED) is 0.346. The molecule has 0 saturated heterocycles. The van der Waals surface area contributed by atoms with Gasteiger partial charge in [-0.1, -0.05) is 0 Å². The fourth-order valence-corrected chi connectivity index (χ4v) is 6.25. The third kappa shape index (κ3) is 5.19. The summed E-state index contributed by atoms with van der Waals surface area (Å²) in [6.45, 7) is 5.73. The Hall–Kier alpha value is -2.52. The van der Waals surface area contributed by atoms with Crippen LogP contribution >= 0.6 is 11.3 Å². The number of ether oxygens (including phenoxy) is 2. The number of hydrogen-bond acceptors (Lipinski definition) is 8. The summed E-state index contributed by atoms with van der Waals surface area (Å²) in [5.41, 5.74) is 1.01. The fourth-order valence-electron chi connectivity index (χ4n) is 5.31. The van der Waals surface area contributed by atoms with Gasteiger partial charge in [-0.2, -0.15) is 0 Å². The molecule has 1 N–H and O–H groups in total. The third-order valence-electron chi connectivity index (χ3n) is 6.86. The highest BCUT2D eigenvalue weighted by molar-refractivity contribution is 7.09. The molecule has 2 aliphatic rings. The van der Waals surface area contributed by atoms with E-state index >= 15 is 0 Å². The molecular formula is C24H30N2O6S. The average molecular weight is 475 g/mol. The van der Waals surface area contributed by atoms with Crippen molar-refractivity contribution in [3.63, 3.8) is 0 Å². The minimum absolute atomic E-state index is 0.0410. The maximum atomic E-state index is 12.1. The van der Waals surface area contributed by atoms with Gasteiger partial charge in [0.05, 0.1) is 28.7 Å². The van der Waals surface area contributed by atoms with E-state index in [0.29, 0.717) is 41.4 Å². The van der Waals surface area contributed by atoms with Crippen molar-refractivity contribution in [3.05, 3.63) is 50.0 Å². The summed E-state index contributed by atoms with van der Waals surface area (Å²) in [5, 5.41) is 24.5. The molecule has 0 spiro atoms. The number of fused-ring (bicyclic) bond motifs is 1. The highest BCUT2D eigenvalue weighted by Crippen LogP contribution is 2.50. The van der Waals surface area contributed by atoms with Gasteiger partial charge in [-0.05, 0) is 70.4 Å². The monoisotopic (exact) mass is 474 g/mol. The summed E-state index contributed by atoms with van der Waals surface area (Å²) in [5.74, 6) is 1.31. The molecule has 1 aromatic heterocycles. The zero-order chi connectivity index (χ0) is 23.7. The number of nitro groups is 1. The van der Waals surface area contributed by atoms with Crippen LogP contribution in [0.5, 0.6) is 5.75 Å². The van der Waals surface area contributed by atoms with Gasteiger partial charge in [0, 0.05) is 28.8 Å². The molecule has 0 radical (unpaired) electrons. The van der Waals surface area contributed by atoms with Crippen molar-refractivity contribution in [2.45, 2.75) is 64.6 Å². The van der Waals surface area contributed by atoms with Gasteiger partial charge in [-0.15, -0.1) is 11.3 Å². The van der Waals surface area contributed by atoms with Crippen molar-refractivity contribution < 1.29 is 24.3 Å². The number of carbonyl (C=O) groups excluding carboxylic acids is 1. The van der Waals surface area contributed by atoms with Gasteiger partial charge in [0.1, 0.15) is 5.75 Å². The third-order valence-corrected chi connectivity index (χ3v) is 7.87. The molecule has 2 aliphatic carbocycles. The highest BCUT2D eigenvalue weighted by Gasteiger charge is 2.46. The van der Waals surface area contributed by atoms with Crippen LogP contribution in [0.1, 0.15) is 66.5 Å². The zero-order valence-electron chi connectivity index (χ0n) is 19.1. The van der Waals surface area contributed by atoms with E-state index in [-0.39, 0.29) is 23.7 Å². The average Bonchev–Trinajstić information content (AvgIpc) is 3.35. The molecule has 5 atom stereocenters. The summed E-state index contributed by atoms with van der Waals surface area (Å²) in [7, 11) is 0. The lowest BCUT2D eigenvalue weighted by atomic mass is 9.73. The lowest BCUT2D eigenvalue weighted by Crippen LogP contribution is -2.29.